The van der Waals surface area contributed by atoms with Crippen LogP contribution in [0.15, 0.2) is 53.7 Å². The predicted molar refractivity (Wildman–Crippen MR) is 119 cm³/mol. The fraction of sp³-hybridized carbons (Fsp3) is 0.182. The van der Waals surface area contributed by atoms with Crippen LogP contribution in [0.5, 0.6) is 0 Å². The summed E-state index contributed by atoms with van der Waals surface area (Å²) in [4.78, 5) is 31.8. The third-order valence-electron chi connectivity index (χ3n) is 4.34. The Morgan fingerprint density at radius 3 is 2.42 bits per heavy atom. The normalized spacial score (nSPS) is 11.2. The molecule has 172 valence electrons. The van der Waals surface area contributed by atoms with Crippen molar-refractivity contribution in [1.82, 2.24) is 9.97 Å². The SMILES string of the molecule is COC(=O)c1ccc(Cl)c(NC(=O)CSc2nc(-c3ccc(C)cc3)cc(C(F)(F)F)n2)c1. The smallest absolute Gasteiger partial charge is 0.433 e. The van der Waals surface area contributed by atoms with Gasteiger partial charge in [-0.15, -0.1) is 0 Å². The first kappa shape index (κ1) is 24.5. The number of alkyl halides is 3. The number of thioether (sulfide) groups is 1. The summed E-state index contributed by atoms with van der Waals surface area (Å²) in [6.07, 6.45) is -4.68. The molecule has 1 aromatic heterocycles. The van der Waals surface area contributed by atoms with Gasteiger partial charge in [0.15, 0.2) is 5.16 Å². The summed E-state index contributed by atoms with van der Waals surface area (Å²) in [5.74, 6) is -1.47. The number of methoxy groups -OCH3 is 1. The van der Waals surface area contributed by atoms with Gasteiger partial charge in [0.25, 0.3) is 0 Å². The summed E-state index contributed by atoms with van der Waals surface area (Å²) in [5, 5.41) is 2.49. The van der Waals surface area contributed by atoms with Crippen LogP contribution in [0.3, 0.4) is 0 Å². The number of aromatic nitrogens is 2. The number of carbonyl (C=O) groups excluding carboxylic acids is 2. The number of amides is 1. The maximum Gasteiger partial charge on any atom is 0.433 e. The van der Waals surface area contributed by atoms with E-state index in [1.165, 1.54) is 25.3 Å². The molecule has 0 atom stereocenters. The van der Waals surface area contributed by atoms with Crippen molar-refractivity contribution in [1.29, 1.82) is 0 Å². The van der Waals surface area contributed by atoms with E-state index in [0.717, 1.165) is 23.4 Å². The molecule has 0 aliphatic heterocycles. The van der Waals surface area contributed by atoms with Crippen LogP contribution in [0.4, 0.5) is 18.9 Å². The number of aryl methyl sites for hydroxylation is 1. The number of halogens is 4. The lowest BCUT2D eigenvalue weighted by atomic mass is 10.1. The zero-order valence-corrected chi connectivity index (χ0v) is 18.9. The van der Waals surface area contributed by atoms with Crippen LogP contribution in [0.25, 0.3) is 11.3 Å². The monoisotopic (exact) mass is 495 g/mol. The van der Waals surface area contributed by atoms with Crippen molar-refractivity contribution < 1.29 is 27.5 Å². The Morgan fingerprint density at radius 1 is 1.09 bits per heavy atom. The van der Waals surface area contributed by atoms with E-state index in [1.54, 1.807) is 24.3 Å². The number of hydrogen-bond donors (Lipinski definition) is 1. The van der Waals surface area contributed by atoms with Crippen molar-refractivity contribution in [3.05, 3.63) is 70.4 Å². The Balaban J connectivity index is 1.79. The summed E-state index contributed by atoms with van der Waals surface area (Å²) < 4.78 is 44.7. The maximum atomic E-state index is 13.4. The molecule has 0 saturated heterocycles. The average Bonchev–Trinajstić information content (AvgIpc) is 2.78. The zero-order chi connectivity index (χ0) is 24.2. The first-order valence-corrected chi connectivity index (χ1v) is 10.8. The number of esters is 1. The Bertz CT molecular complexity index is 1190. The minimum absolute atomic E-state index is 0.0917. The lowest BCUT2D eigenvalue weighted by Crippen LogP contribution is -2.16. The van der Waals surface area contributed by atoms with Crippen molar-refractivity contribution in [2.75, 3.05) is 18.2 Å². The molecule has 2 aromatic carbocycles. The second-order valence-electron chi connectivity index (χ2n) is 6.81. The number of benzene rings is 2. The fourth-order valence-electron chi connectivity index (χ4n) is 2.69. The Morgan fingerprint density at radius 2 is 1.79 bits per heavy atom. The largest absolute Gasteiger partial charge is 0.465 e. The van der Waals surface area contributed by atoms with Gasteiger partial charge in [0.05, 0.1) is 34.8 Å². The van der Waals surface area contributed by atoms with Crippen molar-refractivity contribution in [3.8, 4) is 11.3 Å². The fourth-order valence-corrected chi connectivity index (χ4v) is 3.51. The van der Waals surface area contributed by atoms with Gasteiger partial charge in [-0.2, -0.15) is 13.2 Å². The molecule has 0 aliphatic rings. The highest BCUT2D eigenvalue weighted by Crippen LogP contribution is 2.32. The molecule has 0 unspecified atom stereocenters. The van der Waals surface area contributed by atoms with Gasteiger partial charge in [-0.3, -0.25) is 4.79 Å². The van der Waals surface area contributed by atoms with Gasteiger partial charge in [-0.25, -0.2) is 14.8 Å². The summed E-state index contributed by atoms with van der Waals surface area (Å²) in [6.45, 7) is 1.86. The van der Waals surface area contributed by atoms with E-state index in [9.17, 15) is 22.8 Å². The van der Waals surface area contributed by atoms with E-state index < -0.39 is 23.7 Å². The molecule has 33 heavy (non-hydrogen) atoms. The van der Waals surface area contributed by atoms with Crippen molar-refractivity contribution in [2.24, 2.45) is 0 Å². The molecule has 0 saturated carbocycles. The standard InChI is InChI=1S/C22H17ClF3N3O3S/c1-12-3-5-13(6-4-12)16-10-18(22(24,25)26)29-21(28-16)33-11-19(30)27-17-9-14(20(31)32-2)7-8-15(17)23/h3-10H,11H2,1-2H3,(H,27,30). The van der Waals surface area contributed by atoms with Crippen molar-refractivity contribution >= 4 is 40.9 Å². The summed E-state index contributed by atoms with van der Waals surface area (Å²) in [6, 6.07) is 11.9. The molecule has 6 nitrogen and oxygen atoms in total. The number of carbonyl (C=O) groups is 2. The molecule has 1 heterocycles. The Kier molecular flexibility index (Phi) is 7.60. The molecule has 1 N–H and O–H groups in total. The van der Waals surface area contributed by atoms with Crippen molar-refractivity contribution in [3.63, 3.8) is 0 Å². The van der Waals surface area contributed by atoms with Gasteiger partial charge in [0.2, 0.25) is 5.91 Å². The van der Waals surface area contributed by atoms with Gasteiger partial charge in [0.1, 0.15) is 5.69 Å². The predicted octanol–water partition coefficient (Wildman–Crippen LogP) is 5.64. The molecule has 11 heteroatoms. The van der Waals surface area contributed by atoms with Crippen LogP contribution in [-0.2, 0) is 15.7 Å². The molecule has 3 rings (SSSR count). The minimum atomic E-state index is -4.68. The topological polar surface area (TPSA) is 81.2 Å². The van der Waals surface area contributed by atoms with E-state index >= 15 is 0 Å². The van der Waals surface area contributed by atoms with Gasteiger partial charge >= 0.3 is 12.1 Å². The van der Waals surface area contributed by atoms with Crippen molar-refractivity contribution in [2.45, 2.75) is 18.3 Å². The average molecular weight is 496 g/mol. The Labute approximate surface area is 196 Å². The van der Waals surface area contributed by atoms with Gasteiger partial charge in [-0.1, -0.05) is 53.2 Å². The maximum absolute atomic E-state index is 13.4. The van der Waals surface area contributed by atoms with Crippen LogP contribution < -0.4 is 5.32 Å². The molecule has 0 bridgehead atoms. The molecule has 0 aliphatic carbocycles. The van der Waals surface area contributed by atoms with Crippen LogP contribution in [0.1, 0.15) is 21.6 Å². The second-order valence-corrected chi connectivity index (χ2v) is 8.16. The quantitative estimate of drug-likeness (QED) is 0.271. The number of hydrogen-bond acceptors (Lipinski definition) is 6. The highest BCUT2D eigenvalue weighted by molar-refractivity contribution is 7.99. The molecular formula is C22H17ClF3N3O3S. The summed E-state index contributed by atoms with van der Waals surface area (Å²) in [7, 11) is 1.21. The van der Waals surface area contributed by atoms with Crippen LogP contribution >= 0.6 is 23.4 Å². The number of anilines is 1. The highest BCUT2D eigenvalue weighted by atomic mass is 35.5. The third-order valence-corrected chi connectivity index (χ3v) is 5.51. The number of nitrogens with zero attached hydrogens (tertiary/aromatic N) is 2. The number of nitrogens with one attached hydrogen (secondary N) is 1. The lowest BCUT2D eigenvalue weighted by Gasteiger charge is -2.11. The first-order chi connectivity index (χ1) is 15.6. The molecule has 0 fully saturated rings. The van der Waals surface area contributed by atoms with Gasteiger partial charge < -0.3 is 10.1 Å². The molecule has 3 aromatic rings. The Hall–Kier alpha value is -3.11. The van der Waals surface area contributed by atoms with E-state index in [-0.39, 0.29) is 32.9 Å². The van der Waals surface area contributed by atoms with Crippen LogP contribution in [-0.4, -0.2) is 34.7 Å². The summed E-state index contributed by atoms with van der Waals surface area (Å²) in [5.41, 5.74) is 0.763. The molecule has 0 radical (unpaired) electrons. The van der Waals surface area contributed by atoms with Crippen LogP contribution in [0, 0.1) is 6.92 Å². The lowest BCUT2D eigenvalue weighted by molar-refractivity contribution is -0.141. The minimum Gasteiger partial charge on any atom is -0.465 e. The molecule has 1 amide bonds. The van der Waals surface area contributed by atoms with E-state index in [1.807, 2.05) is 6.92 Å². The van der Waals surface area contributed by atoms with Crippen LogP contribution in [0.2, 0.25) is 5.02 Å². The van der Waals surface area contributed by atoms with E-state index in [0.29, 0.717) is 5.56 Å². The van der Waals surface area contributed by atoms with Gasteiger partial charge in [0, 0.05) is 5.56 Å². The third kappa shape index (κ3) is 6.45. The second kappa shape index (κ2) is 10.2. The zero-order valence-electron chi connectivity index (χ0n) is 17.4. The first-order valence-electron chi connectivity index (χ1n) is 9.40. The molecule has 0 spiro atoms. The number of ether oxygens (including phenoxy) is 1. The highest BCUT2D eigenvalue weighted by Gasteiger charge is 2.34. The van der Waals surface area contributed by atoms with E-state index in [2.05, 4.69) is 20.0 Å². The van der Waals surface area contributed by atoms with Gasteiger partial charge in [-0.05, 0) is 31.2 Å². The van der Waals surface area contributed by atoms with E-state index in [4.69, 9.17) is 11.6 Å². The number of rotatable bonds is 6. The summed E-state index contributed by atoms with van der Waals surface area (Å²) >= 11 is 6.79. The molecular weight excluding hydrogens is 479 g/mol.